The molecular formula is C19H27BrN2O4. The van der Waals surface area contributed by atoms with E-state index in [0.29, 0.717) is 18.8 Å². The Kier molecular flexibility index (Phi) is 7.32. The number of rotatable bonds is 5. The van der Waals surface area contributed by atoms with E-state index in [0.717, 1.165) is 23.9 Å². The maximum absolute atomic E-state index is 12.4. The monoisotopic (exact) mass is 426 g/mol. The van der Waals surface area contributed by atoms with Crippen LogP contribution in [0.3, 0.4) is 0 Å². The summed E-state index contributed by atoms with van der Waals surface area (Å²) in [6.07, 6.45) is 1.48. The van der Waals surface area contributed by atoms with Crippen LogP contribution in [0.4, 0.5) is 4.79 Å². The normalized spacial score (nSPS) is 17.5. The van der Waals surface area contributed by atoms with E-state index in [1.807, 2.05) is 49.9 Å². The predicted octanol–water partition coefficient (Wildman–Crippen LogP) is 3.59. The lowest BCUT2D eigenvalue weighted by Crippen LogP contribution is -2.45. The highest BCUT2D eigenvalue weighted by Gasteiger charge is 2.25. The average Bonchev–Trinajstić information content (AvgIpc) is 2.57. The van der Waals surface area contributed by atoms with Gasteiger partial charge in [0.1, 0.15) is 11.4 Å². The Morgan fingerprint density at radius 1 is 1.35 bits per heavy atom. The van der Waals surface area contributed by atoms with Gasteiger partial charge in [-0.15, -0.1) is 0 Å². The Labute approximate surface area is 163 Å². The zero-order chi connectivity index (χ0) is 19.2. The predicted molar refractivity (Wildman–Crippen MR) is 103 cm³/mol. The number of nitrogens with one attached hydrogen (secondary N) is 1. The van der Waals surface area contributed by atoms with Crippen LogP contribution in [0, 0.1) is 5.92 Å². The van der Waals surface area contributed by atoms with Crippen LogP contribution in [0.2, 0.25) is 0 Å². The first-order valence-corrected chi connectivity index (χ1v) is 9.65. The SMILES string of the molecule is CC(C)(C)OC(=O)NC[C@H]1CCCN(C(=O)COc2cccc(Br)c2)C1. The van der Waals surface area contributed by atoms with Gasteiger partial charge in [-0.2, -0.15) is 0 Å². The second-order valence-corrected chi connectivity index (χ2v) is 8.39. The number of amides is 2. The van der Waals surface area contributed by atoms with Crippen LogP contribution in [-0.4, -0.2) is 48.7 Å². The molecule has 1 aromatic carbocycles. The molecule has 0 saturated carbocycles. The number of benzene rings is 1. The quantitative estimate of drug-likeness (QED) is 0.780. The number of carbonyl (C=O) groups is 2. The van der Waals surface area contributed by atoms with Crippen LogP contribution in [-0.2, 0) is 9.53 Å². The van der Waals surface area contributed by atoms with Gasteiger partial charge in [-0.3, -0.25) is 4.79 Å². The molecule has 1 saturated heterocycles. The maximum Gasteiger partial charge on any atom is 0.407 e. The number of piperidine rings is 1. The minimum atomic E-state index is -0.511. The molecule has 1 heterocycles. The van der Waals surface area contributed by atoms with Crippen LogP contribution < -0.4 is 10.1 Å². The van der Waals surface area contributed by atoms with E-state index < -0.39 is 11.7 Å². The molecule has 0 aromatic heterocycles. The standard InChI is InChI=1S/C19H27BrN2O4/c1-19(2,3)26-18(24)21-11-14-6-5-9-22(12-14)17(23)13-25-16-8-4-7-15(20)10-16/h4,7-8,10,14H,5-6,9,11-13H2,1-3H3,(H,21,24)/t14-/m1/s1. The first-order valence-electron chi connectivity index (χ1n) is 8.86. The van der Waals surface area contributed by atoms with Crippen molar-refractivity contribution in [2.45, 2.75) is 39.2 Å². The van der Waals surface area contributed by atoms with E-state index in [2.05, 4.69) is 21.2 Å². The number of hydrogen-bond donors (Lipinski definition) is 1. The summed E-state index contributed by atoms with van der Waals surface area (Å²) in [7, 11) is 0. The Bertz CT molecular complexity index is 630. The van der Waals surface area contributed by atoms with Gasteiger partial charge in [-0.05, 0) is 57.7 Å². The molecule has 2 amide bonds. The molecule has 0 aliphatic carbocycles. The summed E-state index contributed by atoms with van der Waals surface area (Å²) in [6.45, 7) is 7.37. The lowest BCUT2D eigenvalue weighted by atomic mass is 9.98. The molecule has 7 heteroatoms. The number of nitrogens with zero attached hydrogens (tertiary/aromatic N) is 1. The summed E-state index contributed by atoms with van der Waals surface area (Å²) in [5.74, 6) is 0.853. The molecule has 1 N–H and O–H groups in total. The molecule has 144 valence electrons. The summed E-state index contributed by atoms with van der Waals surface area (Å²) in [5.41, 5.74) is -0.511. The lowest BCUT2D eigenvalue weighted by molar-refractivity contribution is -0.135. The molecule has 1 aliphatic rings. The number of carbonyl (C=O) groups excluding carboxylic acids is 2. The highest BCUT2D eigenvalue weighted by atomic mass is 79.9. The van der Waals surface area contributed by atoms with Gasteiger partial charge in [-0.25, -0.2) is 4.79 Å². The first kappa shape index (κ1) is 20.6. The maximum atomic E-state index is 12.4. The van der Waals surface area contributed by atoms with Crippen molar-refractivity contribution in [1.82, 2.24) is 10.2 Å². The summed E-state index contributed by atoms with van der Waals surface area (Å²) >= 11 is 3.38. The third kappa shape index (κ3) is 7.23. The fourth-order valence-corrected chi connectivity index (χ4v) is 3.17. The van der Waals surface area contributed by atoms with Crippen molar-refractivity contribution in [1.29, 1.82) is 0 Å². The number of likely N-dealkylation sites (tertiary alicyclic amines) is 1. The first-order chi connectivity index (χ1) is 12.2. The Morgan fingerprint density at radius 2 is 2.12 bits per heavy atom. The van der Waals surface area contributed by atoms with Crippen LogP contribution in [0.1, 0.15) is 33.6 Å². The highest BCUT2D eigenvalue weighted by molar-refractivity contribution is 9.10. The molecule has 0 radical (unpaired) electrons. The van der Waals surface area contributed by atoms with Gasteiger partial charge in [0, 0.05) is 24.1 Å². The summed E-state index contributed by atoms with van der Waals surface area (Å²) < 4.78 is 11.7. The molecule has 26 heavy (non-hydrogen) atoms. The lowest BCUT2D eigenvalue weighted by Gasteiger charge is -2.33. The molecule has 6 nitrogen and oxygen atoms in total. The van der Waals surface area contributed by atoms with Gasteiger partial charge in [0.15, 0.2) is 6.61 Å². The van der Waals surface area contributed by atoms with E-state index in [-0.39, 0.29) is 18.4 Å². The van der Waals surface area contributed by atoms with E-state index in [9.17, 15) is 9.59 Å². The Morgan fingerprint density at radius 3 is 2.81 bits per heavy atom. The number of hydrogen-bond acceptors (Lipinski definition) is 4. The Hall–Kier alpha value is -1.76. The molecule has 0 bridgehead atoms. The van der Waals surface area contributed by atoms with Crippen LogP contribution >= 0.6 is 15.9 Å². The fourth-order valence-electron chi connectivity index (χ4n) is 2.79. The van der Waals surface area contributed by atoms with Crippen molar-refractivity contribution in [2.24, 2.45) is 5.92 Å². The van der Waals surface area contributed by atoms with Gasteiger partial charge in [0.25, 0.3) is 5.91 Å². The molecule has 0 spiro atoms. The average molecular weight is 427 g/mol. The summed E-state index contributed by atoms with van der Waals surface area (Å²) in [6, 6.07) is 7.42. The zero-order valence-electron chi connectivity index (χ0n) is 15.6. The second-order valence-electron chi connectivity index (χ2n) is 7.48. The van der Waals surface area contributed by atoms with Gasteiger partial charge < -0.3 is 19.7 Å². The number of alkyl carbamates (subject to hydrolysis) is 1. The van der Waals surface area contributed by atoms with Crippen LogP contribution in [0.5, 0.6) is 5.75 Å². The minimum absolute atomic E-state index is 0.0165. The highest BCUT2D eigenvalue weighted by Crippen LogP contribution is 2.19. The third-order valence-corrected chi connectivity index (χ3v) is 4.46. The van der Waals surface area contributed by atoms with Gasteiger partial charge in [0.05, 0.1) is 0 Å². The molecule has 0 unspecified atom stereocenters. The van der Waals surface area contributed by atoms with Crippen LogP contribution in [0.25, 0.3) is 0 Å². The zero-order valence-corrected chi connectivity index (χ0v) is 17.2. The topological polar surface area (TPSA) is 67.9 Å². The largest absolute Gasteiger partial charge is 0.484 e. The summed E-state index contributed by atoms with van der Waals surface area (Å²) in [4.78, 5) is 26.0. The van der Waals surface area contributed by atoms with Crippen molar-refractivity contribution < 1.29 is 19.1 Å². The Balaban J connectivity index is 1.76. The van der Waals surface area contributed by atoms with Crippen molar-refractivity contribution in [3.63, 3.8) is 0 Å². The van der Waals surface area contributed by atoms with Crippen molar-refractivity contribution in [3.05, 3.63) is 28.7 Å². The van der Waals surface area contributed by atoms with Crippen molar-refractivity contribution >= 4 is 27.9 Å². The second kappa shape index (κ2) is 9.26. The molecule has 2 rings (SSSR count). The number of ether oxygens (including phenoxy) is 2. The van der Waals surface area contributed by atoms with Crippen molar-refractivity contribution in [2.75, 3.05) is 26.2 Å². The van der Waals surface area contributed by atoms with Crippen molar-refractivity contribution in [3.8, 4) is 5.75 Å². The minimum Gasteiger partial charge on any atom is -0.484 e. The van der Waals surface area contributed by atoms with E-state index in [4.69, 9.17) is 9.47 Å². The molecule has 1 aliphatic heterocycles. The fraction of sp³-hybridized carbons (Fsp3) is 0.579. The molecule has 1 atom stereocenters. The van der Waals surface area contributed by atoms with E-state index in [1.165, 1.54) is 0 Å². The smallest absolute Gasteiger partial charge is 0.407 e. The van der Waals surface area contributed by atoms with Gasteiger partial charge in [-0.1, -0.05) is 22.0 Å². The van der Waals surface area contributed by atoms with Gasteiger partial charge in [0.2, 0.25) is 0 Å². The van der Waals surface area contributed by atoms with Crippen LogP contribution in [0.15, 0.2) is 28.7 Å². The van der Waals surface area contributed by atoms with E-state index >= 15 is 0 Å². The summed E-state index contributed by atoms with van der Waals surface area (Å²) in [5, 5.41) is 2.80. The molecule has 1 fully saturated rings. The molecular weight excluding hydrogens is 400 g/mol. The number of halogens is 1. The van der Waals surface area contributed by atoms with Gasteiger partial charge >= 0.3 is 6.09 Å². The van der Waals surface area contributed by atoms with E-state index in [1.54, 1.807) is 0 Å². The third-order valence-electron chi connectivity index (χ3n) is 3.96. The molecule has 1 aromatic rings.